The van der Waals surface area contributed by atoms with Gasteiger partial charge in [0.15, 0.2) is 0 Å². The lowest BCUT2D eigenvalue weighted by Crippen LogP contribution is -2.29. The monoisotopic (exact) mass is 316 g/mol. The lowest BCUT2D eigenvalue weighted by Gasteiger charge is -2.36. The first-order valence-electron chi connectivity index (χ1n) is 8.46. The van der Waals surface area contributed by atoms with Crippen LogP contribution in [0.25, 0.3) is 0 Å². The number of methoxy groups -OCH3 is 1. The van der Waals surface area contributed by atoms with Crippen LogP contribution in [0.1, 0.15) is 63.2 Å². The fourth-order valence-electron chi connectivity index (χ4n) is 3.16. The minimum atomic E-state index is -0.217. The van der Waals surface area contributed by atoms with Gasteiger partial charge < -0.3 is 4.74 Å². The number of amides is 1. The fraction of sp³-hybridized carbons (Fsp3) is 0.579. The Balaban J connectivity index is 1.93. The Bertz CT molecular complexity index is 568. The van der Waals surface area contributed by atoms with Crippen molar-refractivity contribution in [3.63, 3.8) is 0 Å². The molecule has 1 aromatic rings. The quantitative estimate of drug-likeness (QED) is 0.818. The van der Waals surface area contributed by atoms with E-state index in [2.05, 4.69) is 31.3 Å². The molecule has 23 heavy (non-hydrogen) atoms. The van der Waals surface area contributed by atoms with E-state index in [0.29, 0.717) is 16.7 Å². The van der Waals surface area contributed by atoms with Crippen molar-refractivity contribution in [2.75, 3.05) is 7.11 Å². The average molecular weight is 316 g/mol. The SMILES string of the molecule is CCC(C)(C)C1CCC(=NNC(=O)c2ccccc2OC)CC1. The maximum absolute atomic E-state index is 12.2. The molecule has 0 bridgehead atoms. The van der Waals surface area contributed by atoms with E-state index in [9.17, 15) is 4.79 Å². The molecule has 0 aliphatic heterocycles. The van der Waals surface area contributed by atoms with Crippen molar-refractivity contribution in [1.29, 1.82) is 0 Å². The second-order valence-corrected chi connectivity index (χ2v) is 6.94. The summed E-state index contributed by atoms with van der Waals surface area (Å²) >= 11 is 0. The smallest absolute Gasteiger partial charge is 0.275 e. The zero-order valence-corrected chi connectivity index (χ0v) is 14.7. The molecule has 0 aromatic heterocycles. The molecule has 1 aromatic carbocycles. The number of nitrogens with zero attached hydrogens (tertiary/aromatic N) is 1. The predicted molar refractivity (Wildman–Crippen MR) is 93.9 cm³/mol. The van der Waals surface area contributed by atoms with E-state index in [0.717, 1.165) is 37.3 Å². The summed E-state index contributed by atoms with van der Waals surface area (Å²) in [5, 5.41) is 4.34. The van der Waals surface area contributed by atoms with E-state index in [1.807, 2.05) is 12.1 Å². The number of hydrogen-bond acceptors (Lipinski definition) is 3. The summed E-state index contributed by atoms with van der Waals surface area (Å²) in [4.78, 5) is 12.2. The molecule has 1 fully saturated rings. The maximum Gasteiger partial charge on any atom is 0.275 e. The second kappa shape index (κ2) is 7.62. The van der Waals surface area contributed by atoms with E-state index in [1.54, 1.807) is 19.2 Å². The third-order valence-electron chi connectivity index (χ3n) is 5.25. The van der Waals surface area contributed by atoms with Crippen LogP contribution in [0, 0.1) is 11.3 Å². The van der Waals surface area contributed by atoms with Crippen molar-refractivity contribution in [3.8, 4) is 5.75 Å². The number of carbonyl (C=O) groups is 1. The molecule has 4 nitrogen and oxygen atoms in total. The van der Waals surface area contributed by atoms with E-state index >= 15 is 0 Å². The summed E-state index contributed by atoms with van der Waals surface area (Å²) in [5.41, 5.74) is 4.68. The topological polar surface area (TPSA) is 50.7 Å². The third-order valence-corrected chi connectivity index (χ3v) is 5.25. The summed E-state index contributed by atoms with van der Waals surface area (Å²) in [5.74, 6) is 1.10. The fourth-order valence-corrected chi connectivity index (χ4v) is 3.16. The molecule has 1 amide bonds. The second-order valence-electron chi connectivity index (χ2n) is 6.94. The number of hydrogen-bond donors (Lipinski definition) is 1. The lowest BCUT2D eigenvalue weighted by molar-refractivity contribution is 0.0951. The van der Waals surface area contributed by atoms with Gasteiger partial charge in [0.2, 0.25) is 0 Å². The molecule has 0 spiro atoms. The van der Waals surface area contributed by atoms with Crippen LogP contribution in [0.4, 0.5) is 0 Å². The van der Waals surface area contributed by atoms with Crippen LogP contribution in [0.15, 0.2) is 29.4 Å². The van der Waals surface area contributed by atoms with E-state index in [4.69, 9.17) is 4.74 Å². The number of benzene rings is 1. The van der Waals surface area contributed by atoms with E-state index < -0.39 is 0 Å². The minimum absolute atomic E-state index is 0.217. The molecule has 1 aliphatic carbocycles. The zero-order chi connectivity index (χ0) is 16.9. The summed E-state index contributed by atoms with van der Waals surface area (Å²) in [6.07, 6.45) is 5.46. The molecule has 1 N–H and O–H groups in total. The van der Waals surface area contributed by atoms with Crippen LogP contribution in [-0.2, 0) is 0 Å². The molecule has 0 heterocycles. The van der Waals surface area contributed by atoms with Crippen molar-refractivity contribution >= 4 is 11.6 Å². The highest BCUT2D eigenvalue weighted by molar-refractivity contribution is 5.97. The first kappa shape index (κ1) is 17.5. The van der Waals surface area contributed by atoms with Crippen LogP contribution in [0.2, 0.25) is 0 Å². The van der Waals surface area contributed by atoms with Crippen molar-refractivity contribution in [2.45, 2.75) is 52.9 Å². The first-order valence-corrected chi connectivity index (χ1v) is 8.46. The van der Waals surface area contributed by atoms with Gasteiger partial charge in [0.05, 0.1) is 12.7 Å². The Kier molecular flexibility index (Phi) is 5.80. The number of carbonyl (C=O) groups excluding carboxylic acids is 1. The molecular formula is C19H28N2O2. The molecule has 0 unspecified atom stereocenters. The molecule has 4 heteroatoms. The number of ether oxygens (including phenoxy) is 1. The van der Waals surface area contributed by atoms with Gasteiger partial charge in [-0.1, -0.05) is 39.3 Å². The Hall–Kier alpha value is -1.84. The van der Waals surface area contributed by atoms with Crippen LogP contribution < -0.4 is 10.2 Å². The van der Waals surface area contributed by atoms with Crippen LogP contribution in [0.3, 0.4) is 0 Å². The number of hydrazone groups is 1. The van der Waals surface area contributed by atoms with Crippen molar-refractivity contribution in [1.82, 2.24) is 5.43 Å². The Labute approximate surface area is 139 Å². The molecule has 0 radical (unpaired) electrons. The van der Waals surface area contributed by atoms with Gasteiger partial charge >= 0.3 is 0 Å². The first-order chi connectivity index (χ1) is 11.0. The third kappa shape index (κ3) is 4.34. The Morgan fingerprint density at radius 1 is 1.30 bits per heavy atom. The van der Waals surface area contributed by atoms with Crippen LogP contribution >= 0.6 is 0 Å². The largest absolute Gasteiger partial charge is 0.496 e. The van der Waals surface area contributed by atoms with Gasteiger partial charge in [0, 0.05) is 5.71 Å². The van der Waals surface area contributed by atoms with Crippen molar-refractivity contribution in [3.05, 3.63) is 29.8 Å². The Morgan fingerprint density at radius 3 is 2.57 bits per heavy atom. The maximum atomic E-state index is 12.2. The normalized spacial score (nSPS) is 18.4. The standard InChI is InChI=1S/C19H28N2O2/c1-5-19(2,3)14-10-12-15(13-11-14)20-21-18(22)16-8-6-7-9-17(16)23-4/h6-9,14H,5,10-13H2,1-4H3,(H,21,22). The molecule has 126 valence electrons. The number of rotatable bonds is 5. The number of para-hydroxylation sites is 1. The van der Waals surface area contributed by atoms with Gasteiger partial charge in [-0.25, -0.2) is 5.43 Å². The van der Waals surface area contributed by atoms with E-state index in [-0.39, 0.29) is 5.91 Å². The van der Waals surface area contributed by atoms with Gasteiger partial charge in [0.1, 0.15) is 5.75 Å². The van der Waals surface area contributed by atoms with Gasteiger partial charge in [-0.05, 0) is 49.1 Å². The zero-order valence-electron chi connectivity index (χ0n) is 14.7. The summed E-state index contributed by atoms with van der Waals surface area (Å²) in [6.45, 7) is 6.96. The molecule has 2 rings (SSSR count). The molecule has 1 saturated carbocycles. The van der Waals surface area contributed by atoms with Gasteiger partial charge in [0.25, 0.3) is 5.91 Å². The minimum Gasteiger partial charge on any atom is -0.496 e. The summed E-state index contributed by atoms with van der Waals surface area (Å²) < 4.78 is 5.21. The van der Waals surface area contributed by atoms with Crippen molar-refractivity contribution < 1.29 is 9.53 Å². The molecule has 1 aliphatic rings. The van der Waals surface area contributed by atoms with Gasteiger partial charge in [-0.3, -0.25) is 4.79 Å². The van der Waals surface area contributed by atoms with Gasteiger partial charge in [-0.2, -0.15) is 5.10 Å². The molecule has 0 atom stereocenters. The average Bonchev–Trinajstić information content (AvgIpc) is 2.60. The van der Waals surface area contributed by atoms with Gasteiger partial charge in [-0.15, -0.1) is 0 Å². The summed E-state index contributed by atoms with van der Waals surface area (Å²) in [6, 6.07) is 7.19. The van der Waals surface area contributed by atoms with Crippen LogP contribution in [-0.4, -0.2) is 18.7 Å². The summed E-state index contributed by atoms with van der Waals surface area (Å²) in [7, 11) is 1.56. The number of nitrogens with one attached hydrogen (secondary N) is 1. The molecule has 0 saturated heterocycles. The highest BCUT2D eigenvalue weighted by Gasteiger charge is 2.30. The molecular weight excluding hydrogens is 288 g/mol. The highest BCUT2D eigenvalue weighted by atomic mass is 16.5. The van der Waals surface area contributed by atoms with Crippen LogP contribution in [0.5, 0.6) is 5.75 Å². The highest BCUT2D eigenvalue weighted by Crippen LogP contribution is 2.39. The van der Waals surface area contributed by atoms with E-state index in [1.165, 1.54) is 6.42 Å². The Morgan fingerprint density at radius 2 is 1.96 bits per heavy atom. The lowest BCUT2D eigenvalue weighted by atomic mass is 9.69. The predicted octanol–water partition coefficient (Wildman–Crippen LogP) is 4.41. The van der Waals surface area contributed by atoms with Crippen molar-refractivity contribution in [2.24, 2.45) is 16.4 Å².